The van der Waals surface area contributed by atoms with E-state index < -0.39 is 0 Å². The van der Waals surface area contributed by atoms with Gasteiger partial charge in [-0.1, -0.05) is 12.1 Å². The first-order valence-electron chi connectivity index (χ1n) is 7.58. The Morgan fingerprint density at radius 1 is 1.38 bits per heavy atom. The predicted molar refractivity (Wildman–Crippen MR) is 81.6 cm³/mol. The number of likely N-dealkylation sites (tertiary alicyclic amines) is 1. The SMILES string of the molecule is CNC1CCCN(CC(=O)NCCc2ccc(F)cc2)C1. The summed E-state index contributed by atoms with van der Waals surface area (Å²) in [5.74, 6) is -0.166. The van der Waals surface area contributed by atoms with Gasteiger partial charge in [-0.2, -0.15) is 0 Å². The van der Waals surface area contributed by atoms with Gasteiger partial charge in [0.1, 0.15) is 5.82 Å². The van der Waals surface area contributed by atoms with Crippen molar-refractivity contribution >= 4 is 5.91 Å². The average Bonchev–Trinajstić information content (AvgIpc) is 2.49. The Balaban J connectivity index is 1.66. The van der Waals surface area contributed by atoms with E-state index in [-0.39, 0.29) is 11.7 Å². The molecule has 1 aliphatic heterocycles. The third kappa shape index (κ3) is 5.44. The van der Waals surface area contributed by atoms with Gasteiger partial charge in [0, 0.05) is 19.1 Å². The Morgan fingerprint density at radius 2 is 2.14 bits per heavy atom. The number of benzene rings is 1. The highest BCUT2D eigenvalue weighted by Gasteiger charge is 2.19. The van der Waals surface area contributed by atoms with Crippen molar-refractivity contribution in [2.75, 3.05) is 33.2 Å². The summed E-state index contributed by atoms with van der Waals surface area (Å²) < 4.78 is 12.8. The van der Waals surface area contributed by atoms with Crippen molar-refractivity contribution in [3.63, 3.8) is 0 Å². The molecule has 1 aliphatic rings. The number of hydrogen-bond donors (Lipinski definition) is 2. The van der Waals surface area contributed by atoms with E-state index in [4.69, 9.17) is 0 Å². The molecule has 1 aromatic rings. The summed E-state index contributed by atoms with van der Waals surface area (Å²) in [5, 5.41) is 6.20. The normalized spacial score (nSPS) is 19.4. The highest BCUT2D eigenvalue weighted by atomic mass is 19.1. The number of rotatable bonds is 6. The van der Waals surface area contributed by atoms with Crippen molar-refractivity contribution in [1.29, 1.82) is 0 Å². The van der Waals surface area contributed by atoms with Crippen LogP contribution in [-0.4, -0.2) is 50.1 Å². The maximum atomic E-state index is 12.8. The van der Waals surface area contributed by atoms with Gasteiger partial charge < -0.3 is 10.6 Å². The second kappa shape index (κ2) is 8.10. The quantitative estimate of drug-likeness (QED) is 0.827. The standard InChI is InChI=1S/C16H24FN3O/c1-18-15-3-2-10-20(11-15)12-16(21)19-9-8-13-4-6-14(17)7-5-13/h4-7,15,18H,2-3,8-12H2,1H3,(H,19,21). The Kier molecular flexibility index (Phi) is 6.14. The van der Waals surface area contributed by atoms with Crippen molar-refractivity contribution in [2.24, 2.45) is 0 Å². The number of likely N-dealkylation sites (N-methyl/N-ethyl adjacent to an activating group) is 1. The molecule has 21 heavy (non-hydrogen) atoms. The molecule has 0 aromatic heterocycles. The van der Waals surface area contributed by atoms with Crippen LogP contribution in [0.5, 0.6) is 0 Å². The monoisotopic (exact) mass is 293 g/mol. The molecule has 1 heterocycles. The zero-order valence-electron chi connectivity index (χ0n) is 12.6. The molecule has 1 aromatic carbocycles. The van der Waals surface area contributed by atoms with Crippen LogP contribution in [0.4, 0.5) is 4.39 Å². The van der Waals surface area contributed by atoms with E-state index in [1.54, 1.807) is 12.1 Å². The van der Waals surface area contributed by atoms with Crippen LogP contribution in [0.1, 0.15) is 18.4 Å². The summed E-state index contributed by atoms with van der Waals surface area (Å²) in [7, 11) is 1.97. The number of piperidine rings is 1. The van der Waals surface area contributed by atoms with Crippen LogP contribution in [0.15, 0.2) is 24.3 Å². The number of hydrogen-bond acceptors (Lipinski definition) is 3. The number of amides is 1. The molecule has 1 saturated heterocycles. The summed E-state index contributed by atoms with van der Waals surface area (Å²) in [4.78, 5) is 14.1. The summed E-state index contributed by atoms with van der Waals surface area (Å²) in [5.41, 5.74) is 1.03. The van der Waals surface area contributed by atoms with Gasteiger partial charge in [0.2, 0.25) is 5.91 Å². The van der Waals surface area contributed by atoms with Crippen molar-refractivity contribution in [3.05, 3.63) is 35.6 Å². The highest BCUT2D eigenvalue weighted by molar-refractivity contribution is 5.78. The van der Waals surface area contributed by atoms with E-state index in [1.165, 1.54) is 18.6 Å². The van der Waals surface area contributed by atoms with Crippen molar-refractivity contribution in [1.82, 2.24) is 15.5 Å². The first-order chi connectivity index (χ1) is 10.2. The fourth-order valence-corrected chi connectivity index (χ4v) is 2.69. The van der Waals surface area contributed by atoms with Gasteiger partial charge in [0.25, 0.3) is 0 Å². The smallest absolute Gasteiger partial charge is 0.234 e. The van der Waals surface area contributed by atoms with Crippen LogP contribution < -0.4 is 10.6 Å². The highest BCUT2D eigenvalue weighted by Crippen LogP contribution is 2.09. The van der Waals surface area contributed by atoms with Gasteiger partial charge in [-0.25, -0.2) is 4.39 Å². The Morgan fingerprint density at radius 3 is 2.86 bits per heavy atom. The summed E-state index contributed by atoms with van der Waals surface area (Å²) in [6.07, 6.45) is 3.04. The second-order valence-corrected chi connectivity index (χ2v) is 5.59. The van der Waals surface area contributed by atoms with E-state index in [9.17, 15) is 9.18 Å². The molecule has 0 radical (unpaired) electrons. The Labute approximate surface area is 125 Å². The maximum Gasteiger partial charge on any atom is 0.234 e. The molecule has 0 saturated carbocycles. The number of nitrogens with one attached hydrogen (secondary N) is 2. The van der Waals surface area contributed by atoms with Gasteiger partial charge in [-0.15, -0.1) is 0 Å². The van der Waals surface area contributed by atoms with Crippen LogP contribution in [0.3, 0.4) is 0 Å². The van der Waals surface area contributed by atoms with Gasteiger partial charge in [0.05, 0.1) is 6.54 Å². The first kappa shape index (κ1) is 15.9. The van der Waals surface area contributed by atoms with E-state index in [1.807, 2.05) is 7.05 Å². The molecule has 0 aliphatic carbocycles. The molecule has 4 nitrogen and oxygen atoms in total. The van der Waals surface area contributed by atoms with E-state index in [0.717, 1.165) is 31.5 Å². The zero-order valence-corrected chi connectivity index (χ0v) is 12.6. The second-order valence-electron chi connectivity index (χ2n) is 5.59. The van der Waals surface area contributed by atoms with Gasteiger partial charge >= 0.3 is 0 Å². The van der Waals surface area contributed by atoms with Crippen LogP contribution in [0.25, 0.3) is 0 Å². The van der Waals surface area contributed by atoms with Crippen LogP contribution in [0.2, 0.25) is 0 Å². The lowest BCUT2D eigenvalue weighted by Crippen LogP contribution is -2.48. The molecule has 1 unspecified atom stereocenters. The Hall–Kier alpha value is -1.46. The Bertz CT molecular complexity index is 449. The van der Waals surface area contributed by atoms with Gasteiger partial charge in [-0.3, -0.25) is 9.69 Å². The number of carbonyl (C=O) groups excluding carboxylic acids is 1. The lowest BCUT2D eigenvalue weighted by atomic mass is 10.1. The third-order valence-corrected chi connectivity index (χ3v) is 3.93. The van der Waals surface area contributed by atoms with Crippen LogP contribution in [-0.2, 0) is 11.2 Å². The minimum atomic E-state index is -0.230. The maximum absolute atomic E-state index is 12.8. The van der Waals surface area contributed by atoms with E-state index >= 15 is 0 Å². The van der Waals surface area contributed by atoms with Crippen molar-refractivity contribution in [3.8, 4) is 0 Å². The molecular formula is C16H24FN3O. The molecule has 0 spiro atoms. The molecule has 1 amide bonds. The number of carbonyl (C=O) groups is 1. The van der Waals surface area contributed by atoms with Gasteiger partial charge in [-0.05, 0) is 50.6 Å². The lowest BCUT2D eigenvalue weighted by Gasteiger charge is -2.31. The molecule has 5 heteroatoms. The van der Waals surface area contributed by atoms with E-state index in [0.29, 0.717) is 19.1 Å². The molecule has 1 fully saturated rings. The number of halogens is 1. The first-order valence-corrected chi connectivity index (χ1v) is 7.58. The zero-order chi connectivity index (χ0) is 15.1. The lowest BCUT2D eigenvalue weighted by molar-refractivity contribution is -0.122. The third-order valence-electron chi connectivity index (χ3n) is 3.93. The average molecular weight is 293 g/mol. The van der Waals surface area contributed by atoms with Crippen LogP contribution in [0, 0.1) is 5.82 Å². The summed E-state index contributed by atoms with van der Waals surface area (Å²) in [6.45, 7) is 2.97. The molecule has 2 N–H and O–H groups in total. The molecule has 1 atom stereocenters. The van der Waals surface area contributed by atoms with Crippen molar-refractivity contribution < 1.29 is 9.18 Å². The molecule has 0 bridgehead atoms. The summed E-state index contributed by atoms with van der Waals surface area (Å²) in [6, 6.07) is 6.89. The van der Waals surface area contributed by atoms with E-state index in [2.05, 4.69) is 15.5 Å². The minimum absolute atomic E-state index is 0.0638. The van der Waals surface area contributed by atoms with Gasteiger partial charge in [0.15, 0.2) is 0 Å². The molecule has 2 rings (SSSR count). The largest absolute Gasteiger partial charge is 0.355 e. The molecule has 116 valence electrons. The topological polar surface area (TPSA) is 44.4 Å². The van der Waals surface area contributed by atoms with Crippen molar-refractivity contribution in [2.45, 2.75) is 25.3 Å². The minimum Gasteiger partial charge on any atom is -0.355 e. The fourth-order valence-electron chi connectivity index (χ4n) is 2.69. The number of nitrogens with zero attached hydrogens (tertiary/aromatic N) is 1. The predicted octanol–water partition coefficient (Wildman–Crippen LogP) is 1.17. The fraction of sp³-hybridized carbons (Fsp3) is 0.562. The summed E-state index contributed by atoms with van der Waals surface area (Å²) >= 11 is 0. The molecular weight excluding hydrogens is 269 g/mol. The van der Waals surface area contributed by atoms with Crippen LogP contribution >= 0.6 is 0 Å².